The fraction of sp³-hybridized carbons (Fsp3) is 0.423. The Morgan fingerprint density at radius 3 is 2.65 bits per heavy atom. The number of hydrogen-bond acceptors (Lipinski definition) is 8. The molecule has 0 bridgehead atoms. The monoisotopic (exact) mass is 466 g/mol. The van der Waals surface area contributed by atoms with Crippen molar-refractivity contribution in [1.29, 1.82) is 0 Å². The molecule has 4 atom stereocenters. The lowest BCUT2D eigenvalue weighted by Crippen LogP contribution is -2.48. The number of rotatable bonds is 3. The molecule has 1 aromatic rings. The first-order chi connectivity index (χ1) is 16.2. The second-order valence-electron chi connectivity index (χ2n) is 9.11. The molecule has 8 nitrogen and oxygen atoms in total. The van der Waals surface area contributed by atoms with E-state index >= 15 is 0 Å². The lowest BCUT2D eigenvalue weighted by Gasteiger charge is -2.38. The molecule has 2 heterocycles. The van der Waals surface area contributed by atoms with E-state index in [0.29, 0.717) is 39.5 Å². The summed E-state index contributed by atoms with van der Waals surface area (Å²) in [6.45, 7) is 7.36. The highest BCUT2D eigenvalue weighted by atomic mass is 16.7. The maximum Gasteiger partial charge on any atom is 0.333 e. The summed E-state index contributed by atoms with van der Waals surface area (Å²) < 4.78 is 28.6. The van der Waals surface area contributed by atoms with Gasteiger partial charge in [0.1, 0.15) is 18.1 Å². The van der Waals surface area contributed by atoms with Crippen LogP contribution in [0.3, 0.4) is 0 Å². The normalized spacial score (nSPS) is 30.7. The zero-order valence-corrected chi connectivity index (χ0v) is 19.7. The van der Waals surface area contributed by atoms with Crippen molar-refractivity contribution in [3.8, 4) is 17.2 Å². The van der Waals surface area contributed by atoms with E-state index < -0.39 is 29.1 Å². The molecule has 1 aromatic carbocycles. The highest BCUT2D eigenvalue weighted by Gasteiger charge is 2.59. The molecule has 0 aromatic heterocycles. The average molecular weight is 466 g/mol. The summed E-state index contributed by atoms with van der Waals surface area (Å²) in [5, 5.41) is 0. The Balaban J connectivity index is 1.82. The Bertz CT molecular complexity index is 1220. The fourth-order valence-electron chi connectivity index (χ4n) is 5.09. The third kappa shape index (κ3) is 2.87. The number of esters is 1. The first kappa shape index (κ1) is 22.3. The molecule has 8 heteroatoms. The van der Waals surface area contributed by atoms with Crippen LogP contribution in [0.1, 0.15) is 44.9 Å². The van der Waals surface area contributed by atoms with E-state index in [2.05, 4.69) is 0 Å². The number of fused-ring (bicyclic) bond motifs is 2. The van der Waals surface area contributed by atoms with E-state index in [1.165, 1.54) is 7.11 Å². The number of ketones is 2. The molecule has 1 spiro atoms. The molecule has 0 N–H and O–H groups in total. The van der Waals surface area contributed by atoms with Crippen molar-refractivity contribution < 1.29 is 38.1 Å². The zero-order chi connectivity index (χ0) is 24.4. The minimum atomic E-state index is -1.39. The van der Waals surface area contributed by atoms with Gasteiger partial charge in [-0.3, -0.25) is 9.59 Å². The van der Waals surface area contributed by atoms with Gasteiger partial charge in [-0.1, -0.05) is 26.0 Å². The van der Waals surface area contributed by atoms with Crippen LogP contribution >= 0.6 is 0 Å². The summed E-state index contributed by atoms with van der Waals surface area (Å²) in [6.07, 6.45) is 4.54. The summed E-state index contributed by atoms with van der Waals surface area (Å²) in [4.78, 5) is 39.6. The van der Waals surface area contributed by atoms with E-state index in [1.807, 2.05) is 19.9 Å². The molecule has 0 saturated heterocycles. The van der Waals surface area contributed by atoms with Crippen LogP contribution in [-0.2, 0) is 29.3 Å². The standard InChI is InChI=1S/C26H26O8/c1-6-12(2)25(29)34-21-14(4)13(3)7-15-8-17(30-5)20(27)24(28)26(15)10-31-23-19(26)16(21)9-18-22(23)33-11-32-18/h6-9,13-14,21H,10-11H2,1-5H3/b12-6-,15-7+/t13-,14-,21?,26+/m1/s1. The molecule has 0 amide bonds. The lowest BCUT2D eigenvalue weighted by molar-refractivity contribution is -0.148. The van der Waals surface area contributed by atoms with Gasteiger partial charge in [0, 0.05) is 22.6 Å². The van der Waals surface area contributed by atoms with Gasteiger partial charge >= 0.3 is 5.97 Å². The molecule has 0 fully saturated rings. The van der Waals surface area contributed by atoms with Gasteiger partial charge in [0.15, 0.2) is 17.3 Å². The topological polar surface area (TPSA) is 97.4 Å². The summed E-state index contributed by atoms with van der Waals surface area (Å²) >= 11 is 0. The van der Waals surface area contributed by atoms with Gasteiger partial charge < -0.3 is 23.7 Å². The number of ether oxygens (including phenoxy) is 5. The summed E-state index contributed by atoms with van der Waals surface area (Å²) in [5.41, 5.74) is 0.774. The second-order valence-corrected chi connectivity index (χ2v) is 9.11. The van der Waals surface area contributed by atoms with E-state index in [0.717, 1.165) is 0 Å². The van der Waals surface area contributed by atoms with Gasteiger partial charge in [-0.25, -0.2) is 4.79 Å². The van der Waals surface area contributed by atoms with E-state index in [9.17, 15) is 14.4 Å². The molecule has 2 aliphatic carbocycles. The molecule has 1 unspecified atom stereocenters. The predicted octanol–water partition coefficient (Wildman–Crippen LogP) is 3.49. The summed E-state index contributed by atoms with van der Waals surface area (Å²) in [7, 11) is 1.37. The highest BCUT2D eigenvalue weighted by molar-refractivity contribution is 6.48. The van der Waals surface area contributed by atoms with Crippen molar-refractivity contribution in [2.75, 3.05) is 20.5 Å². The minimum absolute atomic E-state index is 0.00101. The quantitative estimate of drug-likeness (QED) is 0.379. The van der Waals surface area contributed by atoms with E-state index in [1.54, 1.807) is 32.1 Å². The number of methoxy groups -OCH3 is 1. The van der Waals surface area contributed by atoms with Crippen LogP contribution < -0.4 is 14.2 Å². The SMILES string of the molecule is C/C=C(/C)C(=O)OC1c2cc3c(c4c2[C@@]2(CO4)C(=O)C(=O)C(OC)=C/C2=C\[C@@H](C)[C@H]1C)OCO3. The summed E-state index contributed by atoms with van der Waals surface area (Å²) in [5.74, 6) is -0.946. The first-order valence-corrected chi connectivity index (χ1v) is 11.2. The zero-order valence-electron chi connectivity index (χ0n) is 19.7. The number of allylic oxidation sites excluding steroid dienone is 4. The van der Waals surface area contributed by atoms with E-state index in [-0.39, 0.29) is 31.0 Å². The maximum atomic E-state index is 13.7. The Kier molecular flexibility index (Phi) is 5.07. The van der Waals surface area contributed by atoms with Crippen molar-refractivity contribution in [2.45, 2.75) is 39.2 Å². The molecule has 178 valence electrons. The van der Waals surface area contributed by atoms with Gasteiger partial charge in [0.25, 0.3) is 5.78 Å². The first-order valence-electron chi connectivity index (χ1n) is 11.2. The number of carbonyl (C=O) groups excluding carboxylic acids is 3. The lowest BCUT2D eigenvalue weighted by atomic mass is 9.63. The van der Waals surface area contributed by atoms with Gasteiger partial charge in [-0.2, -0.15) is 0 Å². The van der Waals surface area contributed by atoms with Crippen molar-refractivity contribution in [1.82, 2.24) is 0 Å². The van der Waals surface area contributed by atoms with Gasteiger partial charge in [-0.15, -0.1) is 0 Å². The number of benzene rings is 1. The molecular formula is C26H26O8. The smallest absolute Gasteiger partial charge is 0.333 e. The van der Waals surface area contributed by atoms with Gasteiger partial charge in [0.05, 0.1) is 7.11 Å². The molecule has 0 radical (unpaired) electrons. The van der Waals surface area contributed by atoms with Crippen molar-refractivity contribution in [2.24, 2.45) is 11.8 Å². The van der Waals surface area contributed by atoms with Crippen LogP contribution in [0.5, 0.6) is 17.2 Å². The molecule has 5 rings (SSSR count). The number of Topliss-reactive ketones (excluding diaryl/α,β-unsaturated/α-hetero) is 2. The molecule has 2 aliphatic heterocycles. The molecule has 0 saturated carbocycles. The van der Waals surface area contributed by atoms with Crippen molar-refractivity contribution >= 4 is 17.5 Å². The van der Waals surface area contributed by atoms with Crippen LogP contribution in [0.25, 0.3) is 0 Å². The third-order valence-electron chi connectivity index (χ3n) is 7.37. The molecule has 4 aliphatic rings. The predicted molar refractivity (Wildman–Crippen MR) is 120 cm³/mol. The number of hydrogen-bond donors (Lipinski definition) is 0. The minimum Gasteiger partial charge on any atom is -0.493 e. The van der Waals surface area contributed by atoms with Gasteiger partial charge in [0.2, 0.25) is 18.3 Å². The Hall–Kier alpha value is -3.55. The van der Waals surface area contributed by atoms with Crippen molar-refractivity contribution in [3.63, 3.8) is 0 Å². The Morgan fingerprint density at radius 1 is 1.18 bits per heavy atom. The number of carbonyl (C=O) groups is 3. The maximum absolute atomic E-state index is 13.7. The Morgan fingerprint density at radius 2 is 1.94 bits per heavy atom. The largest absolute Gasteiger partial charge is 0.493 e. The van der Waals surface area contributed by atoms with E-state index in [4.69, 9.17) is 23.7 Å². The Labute approximate surface area is 197 Å². The van der Waals surface area contributed by atoms with Crippen LogP contribution in [0.4, 0.5) is 0 Å². The van der Waals surface area contributed by atoms with Crippen molar-refractivity contribution in [3.05, 3.63) is 52.3 Å². The third-order valence-corrected chi connectivity index (χ3v) is 7.37. The van der Waals surface area contributed by atoms with Crippen LogP contribution in [-0.4, -0.2) is 38.0 Å². The highest BCUT2D eigenvalue weighted by Crippen LogP contribution is 2.59. The molecular weight excluding hydrogens is 440 g/mol. The van der Waals surface area contributed by atoms with Crippen LogP contribution in [0, 0.1) is 11.8 Å². The van der Waals surface area contributed by atoms with Crippen LogP contribution in [0.2, 0.25) is 0 Å². The fourth-order valence-corrected chi connectivity index (χ4v) is 5.09. The van der Waals surface area contributed by atoms with Crippen LogP contribution in [0.15, 0.2) is 41.2 Å². The van der Waals surface area contributed by atoms with Gasteiger partial charge in [-0.05, 0) is 37.5 Å². The molecule has 34 heavy (non-hydrogen) atoms. The summed E-state index contributed by atoms with van der Waals surface area (Å²) in [6, 6.07) is 1.75. The average Bonchev–Trinajstić information content (AvgIpc) is 3.46. The second kappa shape index (κ2) is 7.75.